The quantitative estimate of drug-likeness (QED) is 0.779. The molecule has 0 saturated heterocycles. The Bertz CT molecular complexity index is 765. The molecule has 3 rings (SSSR count). The predicted octanol–water partition coefficient (Wildman–Crippen LogP) is 4.49. The van der Waals surface area contributed by atoms with Crippen molar-refractivity contribution in [2.75, 3.05) is 0 Å². The van der Waals surface area contributed by atoms with E-state index < -0.39 is 0 Å². The smallest absolute Gasteiger partial charge is 0.207 e. The summed E-state index contributed by atoms with van der Waals surface area (Å²) in [5.41, 5.74) is 4.93. The van der Waals surface area contributed by atoms with Crippen molar-refractivity contribution in [2.45, 2.75) is 65.0 Å². The van der Waals surface area contributed by atoms with Gasteiger partial charge in [0.1, 0.15) is 12.4 Å². The zero-order valence-electron chi connectivity index (χ0n) is 16.0. The van der Waals surface area contributed by atoms with Crippen LogP contribution in [0.4, 0.5) is 0 Å². The lowest BCUT2D eigenvalue weighted by molar-refractivity contribution is -0.111. The average Bonchev–Trinajstić information content (AvgIpc) is 2.66. The summed E-state index contributed by atoms with van der Waals surface area (Å²) >= 11 is 0. The number of rotatable bonds is 6. The molecular weight excluding hydrogens is 324 g/mol. The van der Waals surface area contributed by atoms with Crippen LogP contribution in [0.3, 0.4) is 0 Å². The largest absolute Gasteiger partial charge is 0.487 e. The van der Waals surface area contributed by atoms with E-state index in [9.17, 15) is 4.79 Å². The highest BCUT2D eigenvalue weighted by atomic mass is 16.5. The SMILES string of the molecule is Cc1nc(C2(NC=O)CCCCC2)c(C)c(C)c1OCc1ccccc1. The Hall–Kier alpha value is -2.36. The second-order valence-corrected chi connectivity index (χ2v) is 7.30. The summed E-state index contributed by atoms with van der Waals surface area (Å²) in [6.45, 7) is 6.70. The number of carbonyl (C=O) groups excluding carboxylic acids is 1. The second kappa shape index (κ2) is 7.90. The van der Waals surface area contributed by atoms with Crippen molar-refractivity contribution in [1.29, 1.82) is 0 Å². The number of hydrogen-bond acceptors (Lipinski definition) is 3. The van der Waals surface area contributed by atoms with E-state index in [1.807, 2.05) is 25.1 Å². The summed E-state index contributed by atoms with van der Waals surface area (Å²) in [4.78, 5) is 16.2. The zero-order chi connectivity index (χ0) is 18.6. The van der Waals surface area contributed by atoms with Gasteiger partial charge in [0.15, 0.2) is 0 Å². The van der Waals surface area contributed by atoms with Gasteiger partial charge in [-0.25, -0.2) is 0 Å². The first-order valence-corrected chi connectivity index (χ1v) is 9.44. The van der Waals surface area contributed by atoms with E-state index in [1.54, 1.807) is 0 Å². The molecule has 0 aliphatic heterocycles. The van der Waals surface area contributed by atoms with E-state index in [-0.39, 0.29) is 5.54 Å². The molecule has 2 aromatic rings. The summed E-state index contributed by atoms with van der Waals surface area (Å²) in [6, 6.07) is 10.2. The number of ether oxygens (including phenoxy) is 1. The van der Waals surface area contributed by atoms with Crippen molar-refractivity contribution >= 4 is 6.41 Å². The molecule has 0 unspecified atom stereocenters. The molecule has 138 valence electrons. The van der Waals surface area contributed by atoms with Crippen LogP contribution in [0.15, 0.2) is 30.3 Å². The highest BCUT2D eigenvalue weighted by Crippen LogP contribution is 2.40. The van der Waals surface area contributed by atoms with Gasteiger partial charge in [0.2, 0.25) is 6.41 Å². The van der Waals surface area contributed by atoms with Gasteiger partial charge >= 0.3 is 0 Å². The van der Waals surface area contributed by atoms with E-state index in [0.29, 0.717) is 6.61 Å². The van der Waals surface area contributed by atoms with Crippen molar-refractivity contribution in [3.05, 3.63) is 58.4 Å². The average molecular weight is 352 g/mol. The van der Waals surface area contributed by atoms with Crippen LogP contribution in [0.2, 0.25) is 0 Å². The van der Waals surface area contributed by atoms with Crippen LogP contribution >= 0.6 is 0 Å². The molecule has 1 aliphatic carbocycles. The third-order valence-electron chi connectivity index (χ3n) is 5.59. The molecule has 1 fully saturated rings. The molecule has 4 heteroatoms. The summed E-state index contributed by atoms with van der Waals surface area (Å²) in [5, 5.41) is 3.10. The Balaban J connectivity index is 1.93. The highest BCUT2D eigenvalue weighted by Gasteiger charge is 2.37. The van der Waals surface area contributed by atoms with Gasteiger partial charge in [0.05, 0.1) is 16.9 Å². The fraction of sp³-hybridized carbons (Fsp3) is 0.455. The molecule has 1 saturated carbocycles. The minimum absolute atomic E-state index is 0.336. The number of nitrogens with zero attached hydrogens (tertiary/aromatic N) is 1. The van der Waals surface area contributed by atoms with Crippen molar-refractivity contribution < 1.29 is 9.53 Å². The van der Waals surface area contributed by atoms with Crippen LogP contribution in [0.5, 0.6) is 5.75 Å². The van der Waals surface area contributed by atoms with Gasteiger partial charge in [-0.2, -0.15) is 0 Å². The Labute approximate surface area is 156 Å². The number of hydrogen-bond donors (Lipinski definition) is 1. The normalized spacial score (nSPS) is 16.1. The van der Waals surface area contributed by atoms with Gasteiger partial charge in [-0.15, -0.1) is 0 Å². The van der Waals surface area contributed by atoms with Gasteiger partial charge < -0.3 is 10.1 Å². The van der Waals surface area contributed by atoms with Crippen LogP contribution in [0.1, 0.15) is 60.2 Å². The van der Waals surface area contributed by atoms with Crippen molar-refractivity contribution in [2.24, 2.45) is 0 Å². The van der Waals surface area contributed by atoms with E-state index in [0.717, 1.165) is 65.9 Å². The standard InChI is InChI=1S/C22H28N2O2/c1-16-17(2)21(22(23-15-25)12-8-5-9-13-22)24-18(3)20(16)26-14-19-10-6-4-7-11-19/h4,6-7,10-11,15H,5,8-9,12-14H2,1-3H3,(H,23,25). The third kappa shape index (κ3) is 3.59. The number of aromatic nitrogens is 1. The molecule has 0 spiro atoms. The first-order valence-electron chi connectivity index (χ1n) is 9.44. The van der Waals surface area contributed by atoms with Crippen molar-refractivity contribution in [3.63, 3.8) is 0 Å². The van der Waals surface area contributed by atoms with Gasteiger partial charge in [-0.3, -0.25) is 9.78 Å². The van der Waals surface area contributed by atoms with E-state index >= 15 is 0 Å². The fourth-order valence-corrected chi connectivity index (χ4v) is 4.05. The lowest BCUT2D eigenvalue weighted by Gasteiger charge is -2.38. The molecular formula is C22H28N2O2. The maximum Gasteiger partial charge on any atom is 0.207 e. The summed E-state index contributed by atoms with van der Waals surface area (Å²) in [6.07, 6.45) is 6.18. The van der Waals surface area contributed by atoms with E-state index in [2.05, 4.69) is 31.3 Å². The molecule has 1 amide bonds. The topological polar surface area (TPSA) is 51.2 Å². The molecule has 1 N–H and O–H groups in total. The first kappa shape index (κ1) is 18.4. The zero-order valence-corrected chi connectivity index (χ0v) is 16.0. The molecule has 4 nitrogen and oxygen atoms in total. The monoisotopic (exact) mass is 352 g/mol. The van der Waals surface area contributed by atoms with E-state index in [1.165, 1.54) is 6.42 Å². The maximum absolute atomic E-state index is 11.3. The van der Waals surface area contributed by atoms with Crippen molar-refractivity contribution in [1.82, 2.24) is 10.3 Å². The lowest BCUT2D eigenvalue weighted by atomic mass is 9.77. The Kier molecular flexibility index (Phi) is 5.60. The molecule has 0 atom stereocenters. The predicted molar refractivity (Wildman–Crippen MR) is 103 cm³/mol. The molecule has 1 heterocycles. The van der Waals surface area contributed by atoms with Crippen molar-refractivity contribution in [3.8, 4) is 5.75 Å². The second-order valence-electron chi connectivity index (χ2n) is 7.30. The molecule has 0 bridgehead atoms. The highest BCUT2D eigenvalue weighted by molar-refractivity contribution is 5.52. The summed E-state index contributed by atoms with van der Waals surface area (Å²) < 4.78 is 6.12. The lowest BCUT2D eigenvalue weighted by Crippen LogP contribution is -2.44. The van der Waals surface area contributed by atoms with Crippen LogP contribution in [0.25, 0.3) is 0 Å². The van der Waals surface area contributed by atoms with Crippen LogP contribution in [-0.4, -0.2) is 11.4 Å². The minimum Gasteiger partial charge on any atom is -0.487 e. The fourth-order valence-electron chi connectivity index (χ4n) is 4.05. The number of nitrogens with one attached hydrogen (secondary N) is 1. The Morgan fingerprint density at radius 2 is 1.77 bits per heavy atom. The number of benzene rings is 1. The molecule has 1 aromatic carbocycles. The first-order chi connectivity index (χ1) is 12.6. The maximum atomic E-state index is 11.3. The van der Waals surface area contributed by atoms with Crippen LogP contribution in [-0.2, 0) is 16.9 Å². The number of carbonyl (C=O) groups is 1. The number of aryl methyl sites for hydroxylation is 1. The summed E-state index contributed by atoms with van der Waals surface area (Å²) in [7, 11) is 0. The minimum atomic E-state index is -0.336. The van der Waals surface area contributed by atoms with Gasteiger partial charge in [0, 0.05) is 0 Å². The van der Waals surface area contributed by atoms with Gasteiger partial charge in [-0.05, 0) is 50.3 Å². The molecule has 1 aromatic heterocycles. The molecule has 0 radical (unpaired) electrons. The van der Waals surface area contributed by atoms with Gasteiger partial charge in [-0.1, -0.05) is 49.6 Å². The van der Waals surface area contributed by atoms with Crippen LogP contribution < -0.4 is 10.1 Å². The number of amides is 1. The third-order valence-corrected chi connectivity index (χ3v) is 5.59. The van der Waals surface area contributed by atoms with E-state index in [4.69, 9.17) is 9.72 Å². The Morgan fingerprint density at radius 1 is 1.08 bits per heavy atom. The molecule has 1 aliphatic rings. The summed E-state index contributed by atoms with van der Waals surface area (Å²) in [5.74, 6) is 0.854. The molecule has 26 heavy (non-hydrogen) atoms. The van der Waals surface area contributed by atoms with Crippen LogP contribution in [0, 0.1) is 20.8 Å². The van der Waals surface area contributed by atoms with Gasteiger partial charge in [0.25, 0.3) is 0 Å². The number of pyridine rings is 1. The Morgan fingerprint density at radius 3 is 2.42 bits per heavy atom.